The lowest BCUT2D eigenvalue weighted by Gasteiger charge is -2.32. The minimum Gasteiger partial charge on any atom is -0.357 e. The molecule has 0 radical (unpaired) electrons. The second kappa shape index (κ2) is 10.7. The van der Waals surface area contributed by atoms with E-state index in [-0.39, 0.29) is 0 Å². The van der Waals surface area contributed by atoms with Crippen LogP contribution in [0.25, 0.3) is 0 Å². The van der Waals surface area contributed by atoms with E-state index in [1.54, 1.807) is 11.3 Å². The second-order valence-corrected chi connectivity index (χ2v) is 7.62. The van der Waals surface area contributed by atoms with Crippen LogP contribution in [0, 0.1) is 5.92 Å². The van der Waals surface area contributed by atoms with Gasteiger partial charge in [-0.2, -0.15) is 11.3 Å². The van der Waals surface area contributed by atoms with E-state index in [1.807, 2.05) is 0 Å². The molecule has 0 bridgehead atoms. The highest BCUT2D eigenvalue weighted by atomic mass is 32.1. The Balaban J connectivity index is 1.75. The molecule has 2 rings (SSSR count). The van der Waals surface area contributed by atoms with Crippen LogP contribution in [-0.4, -0.2) is 50.1 Å². The number of rotatable bonds is 8. The first-order chi connectivity index (χ1) is 11.7. The average molecular weight is 351 g/mol. The van der Waals surface area contributed by atoms with Gasteiger partial charge in [0, 0.05) is 25.6 Å². The van der Waals surface area contributed by atoms with Crippen molar-refractivity contribution in [2.24, 2.45) is 10.9 Å². The van der Waals surface area contributed by atoms with Crippen LogP contribution in [0.4, 0.5) is 0 Å². The minimum absolute atomic E-state index is 0.476. The first-order valence-corrected chi connectivity index (χ1v) is 10.4. The molecule has 1 aliphatic heterocycles. The molecule has 1 saturated heterocycles. The summed E-state index contributed by atoms with van der Waals surface area (Å²) >= 11 is 1.76. The van der Waals surface area contributed by atoms with Crippen molar-refractivity contribution in [2.45, 2.75) is 46.0 Å². The Morgan fingerprint density at radius 1 is 1.33 bits per heavy atom. The molecule has 1 atom stereocenters. The number of likely N-dealkylation sites (tertiary alicyclic amines) is 1. The van der Waals surface area contributed by atoms with Crippen LogP contribution in [0.15, 0.2) is 21.8 Å². The van der Waals surface area contributed by atoms with Gasteiger partial charge in [-0.3, -0.25) is 4.99 Å². The van der Waals surface area contributed by atoms with Gasteiger partial charge in [-0.15, -0.1) is 0 Å². The summed E-state index contributed by atoms with van der Waals surface area (Å²) in [7, 11) is 0. The van der Waals surface area contributed by atoms with Crippen LogP contribution < -0.4 is 10.6 Å². The van der Waals surface area contributed by atoms with Gasteiger partial charge in [0.1, 0.15) is 0 Å². The smallest absolute Gasteiger partial charge is 0.191 e. The molecule has 1 aliphatic rings. The van der Waals surface area contributed by atoms with Crippen molar-refractivity contribution in [3.63, 3.8) is 0 Å². The van der Waals surface area contributed by atoms with Crippen molar-refractivity contribution < 1.29 is 0 Å². The second-order valence-electron chi connectivity index (χ2n) is 6.84. The Bertz CT molecular complexity index is 464. The Labute approximate surface area is 151 Å². The molecule has 0 aliphatic carbocycles. The van der Waals surface area contributed by atoms with Gasteiger partial charge in [0.05, 0.1) is 0 Å². The van der Waals surface area contributed by atoms with Crippen LogP contribution in [0.5, 0.6) is 0 Å². The molecule has 136 valence electrons. The molecule has 0 spiro atoms. The van der Waals surface area contributed by atoms with Gasteiger partial charge in [-0.1, -0.05) is 13.8 Å². The van der Waals surface area contributed by atoms with E-state index in [0.29, 0.717) is 5.92 Å². The van der Waals surface area contributed by atoms with Crippen molar-refractivity contribution in [1.82, 2.24) is 15.5 Å². The zero-order valence-corrected chi connectivity index (χ0v) is 16.4. The topological polar surface area (TPSA) is 39.7 Å². The summed E-state index contributed by atoms with van der Waals surface area (Å²) in [6.07, 6.45) is 3.87. The molecule has 0 amide bonds. The molecular weight excluding hydrogens is 316 g/mol. The predicted octanol–water partition coefficient (Wildman–Crippen LogP) is 3.53. The lowest BCUT2D eigenvalue weighted by Crippen LogP contribution is -2.43. The fraction of sp³-hybridized carbons (Fsp3) is 0.737. The van der Waals surface area contributed by atoms with E-state index in [9.17, 15) is 0 Å². The summed E-state index contributed by atoms with van der Waals surface area (Å²) in [5.41, 5.74) is 1.39. The normalized spacial score (nSPS) is 18.5. The summed E-state index contributed by atoms with van der Waals surface area (Å²) in [6.45, 7) is 13.2. The molecule has 4 nitrogen and oxygen atoms in total. The van der Waals surface area contributed by atoms with Gasteiger partial charge >= 0.3 is 0 Å². The maximum absolute atomic E-state index is 4.79. The fourth-order valence-electron chi connectivity index (χ4n) is 3.20. The number of guanidine groups is 1. The number of thiophene rings is 1. The van der Waals surface area contributed by atoms with E-state index < -0.39 is 0 Å². The van der Waals surface area contributed by atoms with Crippen molar-refractivity contribution >= 4 is 17.3 Å². The number of hydrogen-bond donors (Lipinski definition) is 2. The summed E-state index contributed by atoms with van der Waals surface area (Å²) < 4.78 is 0. The Hall–Kier alpha value is -1.07. The van der Waals surface area contributed by atoms with E-state index >= 15 is 0 Å². The first-order valence-electron chi connectivity index (χ1n) is 9.49. The van der Waals surface area contributed by atoms with Crippen LogP contribution in [-0.2, 0) is 0 Å². The van der Waals surface area contributed by atoms with Crippen LogP contribution in [0.2, 0.25) is 0 Å². The highest BCUT2D eigenvalue weighted by Crippen LogP contribution is 2.18. The first kappa shape index (κ1) is 19.3. The minimum atomic E-state index is 0.476. The maximum Gasteiger partial charge on any atom is 0.191 e. The standard InChI is InChI=1S/C19H34N4S/c1-4-9-23-10-6-17(7-11-23)14-22-19(20-5-2)21-13-16(3)18-8-12-24-15-18/h8,12,15-17H,4-7,9-11,13-14H2,1-3H3,(H2,20,21,22). The highest BCUT2D eigenvalue weighted by molar-refractivity contribution is 7.07. The predicted molar refractivity (Wildman–Crippen MR) is 106 cm³/mol. The van der Waals surface area contributed by atoms with E-state index in [2.05, 4.69) is 53.1 Å². The number of hydrogen-bond acceptors (Lipinski definition) is 3. The molecule has 0 aromatic carbocycles. The molecule has 5 heteroatoms. The summed E-state index contributed by atoms with van der Waals surface area (Å²) in [5, 5.41) is 11.3. The summed E-state index contributed by atoms with van der Waals surface area (Å²) in [5.74, 6) is 2.22. The zero-order chi connectivity index (χ0) is 17.2. The number of nitrogens with one attached hydrogen (secondary N) is 2. The fourth-order valence-corrected chi connectivity index (χ4v) is 3.98. The SMILES string of the molecule is CCCN1CCC(CNC(=NCC(C)c2ccsc2)NCC)CC1. The summed E-state index contributed by atoms with van der Waals surface area (Å²) in [6, 6.07) is 2.20. The molecule has 1 fully saturated rings. The molecule has 1 aromatic heterocycles. The Kier molecular flexibility index (Phi) is 8.60. The monoisotopic (exact) mass is 350 g/mol. The molecule has 24 heavy (non-hydrogen) atoms. The molecule has 2 heterocycles. The van der Waals surface area contributed by atoms with E-state index in [1.165, 1.54) is 44.5 Å². The van der Waals surface area contributed by atoms with Crippen LogP contribution in [0.1, 0.15) is 51.5 Å². The largest absolute Gasteiger partial charge is 0.357 e. The van der Waals surface area contributed by atoms with Gasteiger partial charge in [-0.25, -0.2) is 0 Å². The van der Waals surface area contributed by atoms with Gasteiger partial charge in [0.25, 0.3) is 0 Å². The molecule has 2 N–H and O–H groups in total. The molecule has 0 saturated carbocycles. The summed E-state index contributed by atoms with van der Waals surface area (Å²) in [4.78, 5) is 7.38. The third-order valence-corrected chi connectivity index (χ3v) is 5.49. The maximum atomic E-state index is 4.79. The van der Waals surface area contributed by atoms with Crippen molar-refractivity contribution in [3.8, 4) is 0 Å². The highest BCUT2D eigenvalue weighted by Gasteiger charge is 2.18. The third kappa shape index (κ3) is 6.44. The molecule has 1 aromatic rings. The van der Waals surface area contributed by atoms with Gasteiger partial charge < -0.3 is 15.5 Å². The quantitative estimate of drug-likeness (QED) is 0.556. The van der Waals surface area contributed by atoms with Crippen molar-refractivity contribution in [3.05, 3.63) is 22.4 Å². The molecular formula is C19H34N4S. The van der Waals surface area contributed by atoms with Gasteiger partial charge in [0.15, 0.2) is 5.96 Å². The average Bonchev–Trinajstić information content (AvgIpc) is 3.13. The third-order valence-electron chi connectivity index (χ3n) is 4.78. The van der Waals surface area contributed by atoms with Crippen LogP contribution in [0.3, 0.4) is 0 Å². The van der Waals surface area contributed by atoms with E-state index in [4.69, 9.17) is 4.99 Å². The van der Waals surface area contributed by atoms with Crippen molar-refractivity contribution in [1.29, 1.82) is 0 Å². The van der Waals surface area contributed by atoms with Crippen molar-refractivity contribution in [2.75, 3.05) is 39.3 Å². The van der Waals surface area contributed by atoms with Gasteiger partial charge in [0.2, 0.25) is 0 Å². The number of nitrogens with zero attached hydrogens (tertiary/aromatic N) is 2. The zero-order valence-electron chi connectivity index (χ0n) is 15.6. The lowest BCUT2D eigenvalue weighted by atomic mass is 9.97. The van der Waals surface area contributed by atoms with E-state index in [0.717, 1.165) is 31.5 Å². The lowest BCUT2D eigenvalue weighted by molar-refractivity contribution is 0.185. The number of aliphatic imine (C=N–C) groups is 1. The Morgan fingerprint density at radius 2 is 2.12 bits per heavy atom. The molecule has 1 unspecified atom stereocenters. The van der Waals surface area contributed by atoms with Crippen LogP contribution >= 0.6 is 11.3 Å². The number of piperidine rings is 1. The van der Waals surface area contributed by atoms with Gasteiger partial charge in [-0.05, 0) is 74.1 Å². The Morgan fingerprint density at radius 3 is 2.75 bits per heavy atom.